The minimum Gasteiger partial charge on any atom is -1.00 e. The summed E-state index contributed by atoms with van der Waals surface area (Å²) in [6.45, 7) is 4.12. The maximum Gasteiger partial charge on any atom is 1.00 e. The standard InChI is InChI=1S/C24H26FNO4.2Na.2H/c1-15(2)26-21-6-4-3-5-20(21)24(16-7-9-17(25)10-8-16)22(26)12-11-18(27)13-19(28)14-23(29)30;;;;/h3-12,15,18-19,27-28H,13-14H2,1-2H3,(H,29,30);;;;/q;2*+1;2*-1/b12-11+;;;;/t18-,19-;;;;/m0..../s1. The van der Waals surface area contributed by atoms with Gasteiger partial charge in [-0.15, -0.1) is 0 Å². The first-order chi connectivity index (χ1) is 14.3. The molecule has 0 bridgehead atoms. The molecule has 1 heterocycles. The SMILES string of the molecule is CC(C)n1c(/C=C/[C@H](O)C[C@H](O)CC(=O)O)c(-c2ccc(F)cc2)c2ccccc21.[H-].[H-].[Na+].[Na+]. The third kappa shape index (κ3) is 7.02. The number of rotatable bonds is 8. The van der Waals surface area contributed by atoms with Crippen LogP contribution in [-0.2, 0) is 4.79 Å². The Morgan fingerprint density at radius 2 is 1.72 bits per heavy atom. The smallest absolute Gasteiger partial charge is 1.00 e. The van der Waals surface area contributed by atoms with Gasteiger partial charge in [-0.1, -0.05) is 36.4 Å². The zero-order chi connectivity index (χ0) is 21.8. The topological polar surface area (TPSA) is 82.7 Å². The molecule has 8 heteroatoms. The van der Waals surface area contributed by atoms with E-state index in [9.17, 15) is 19.4 Å². The number of aromatic nitrogens is 1. The first-order valence-corrected chi connectivity index (χ1v) is 9.93. The Labute approximate surface area is 234 Å². The Hall–Kier alpha value is -0.960. The normalized spacial score (nSPS) is 13.1. The van der Waals surface area contributed by atoms with Crippen LogP contribution in [0.5, 0.6) is 0 Å². The Morgan fingerprint density at radius 1 is 1.09 bits per heavy atom. The maximum atomic E-state index is 13.5. The second kappa shape index (κ2) is 13.1. The number of hydrogen-bond acceptors (Lipinski definition) is 3. The summed E-state index contributed by atoms with van der Waals surface area (Å²) in [4.78, 5) is 10.7. The number of aliphatic carboxylic acids is 1. The molecule has 0 aliphatic rings. The first kappa shape index (κ1) is 29.1. The fraction of sp³-hybridized carbons (Fsp3) is 0.292. The Bertz CT molecular complexity index is 1070. The molecule has 32 heavy (non-hydrogen) atoms. The average Bonchev–Trinajstić information content (AvgIpc) is 3.00. The number of para-hydroxylation sites is 1. The molecular weight excluding hydrogens is 431 g/mol. The van der Waals surface area contributed by atoms with Gasteiger partial charge in [-0.25, -0.2) is 4.39 Å². The third-order valence-electron chi connectivity index (χ3n) is 5.00. The van der Waals surface area contributed by atoms with Crippen LogP contribution in [0, 0.1) is 5.82 Å². The fourth-order valence-corrected chi connectivity index (χ4v) is 3.77. The van der Waals surface area contributed by atoms with Crippen molar-refractivity contribution in [2.45, 2.75) is 44.9 Å². The van der Waals surface area contributed by atoms with Gasteiger partial charge < -0.3 is 22.7 Å². The van der Waals surface area contributed by atoms with Crippen molar-refractivity contribution in [2.75, 3.05) is 0 Å². The van der Waals surface area contributed by atoms with Crippen LogP contribution in [-0.4, -0.2) is 38.1 Å². The predicted octanol–water partition coefficient (Wildman–Crippen LogP) is -1.14. The van der Waals surface area contributed by atoms with Crippen LogP contribution in [0.3, 0.4) is 0 Å². The summed E-state index contributed by atoms with van der Waals surface area (Å²) >= 11 is 0. The van der Waals surface area contributed by atoms with Crippen LogP contribution in [0.1, 0.15) is 41.3 Å². The van der Waals surface area contributed by atoms with Crippen molar-refractivity contribution in [2.24, 2.45) is 0 Å². The molecule has 5 nitrogen and oxygen atoms in total. The van der Waals surface area contributed by atoms with Crippen LogP contribution < -0.4 is 59.1 Å². The van der Waals surface area contributed by atoms with Crippen molar-refractivity contribution in [3.63, 3.8) is 0 Å². The van der Waals surface area contributed by atoms with E-state index >= 15 is 0 Å². The molecule has 1 aromatic heterocycles. The Morgan fingerprint density at radius 3 is 2.31 bits per heavy atom. The Kier molecular flexibility index (Phi) is 11.9. The molecule has 0 saturated heterocycles. The number of hydrogen-bond donors (Lipinski definition) is 3. The number of carboxylic acids is 1. The predicted molar refractivity (Wildman–Crippen MR) is 118 cm³/mol. The fourth-order valence-electron chi connectivity index (χ4n) is 3.77. The average molecular weight is 459 g/mol. The molecule has 0 unspecified atom stereocenters. The number of nitrogens with zero attached hydrogens (tertiary/aromatic N) is 1. The van der Waals surface area contributed by atoms with Gasteiger partial charge in [-0.3, -0.25) is 4.79 Å². The molecule has 0 fully saturated rings. The van der Waals surface area contributed by atoms with E-state index in [2.05, 4.69) is 18.4 Å². The number of fused-ring (bicyclic) bond motifs is 1. The first-order valence-electron chi connectivity index (χ1n) is 9.93. The summed E-state index contributed by atoms with van der Waals surface area (Å²) in [5.74, 6) is -1.43. The Balaban J connectivity index is 0. The van der Waals surface area contributed by atoms with Crippen molar-refractivity contribution < 1.29 is 86.5 Å². The molecule has 0 saturated carbocycles. The van der Waals surface area contributed by atoms with Gasteiger partial charge in [0.15, 0.2) is 0 Å². The van der Waals surface area contributed by atoms with Crippen LogP contribution in [0.25, 0.3) is 28.1 Å². The minimum absolute atomic E-state index is 0. The van der Waals surface area contributed by atoms with E-state index in [1.54, 1.807) is 24.3 Å². The molecule has 3 aromatic rings. The van der Waals surface area contributed by atoms with E-state index in [4.69, 9.17) is 5.11 Å². The van der Waals surface area contributed by atoms with E-state index in [1.807, 2.05) is 24.3 Å². The summed E-state index contributed by atoms with van der Waals surface area (Å²) in [6.07, 6.45) is 0.727. The molecule has 3 rings (SSSR count). The van der Waals surface area contributed by atoms with Crippen molar-refractivity contribution >= 4 is 22.9 Å². The van der Waals surface area contributed by atoms with Crippen LogP contribution in [0.2, 0.25) is 0 Å². The molecule has 0 radical (unpaired) electrons. The van der Waals surface area contributed by atoms with E-state index in [0.29, 0.717) is 0 Å². The molecule has 2 aromatic carbocycles. The van der Waals surface area contributed by atoms with E-state index in [-0.39, 0.29) is 80.2 Å². The molecule has 0 spiro atoms. The van der Waals surface area contributed by atoms with Gasteiger partial charge in [-0.05, 0) is 43.7 Å². The minimum atomic E-state index is -1.13. The van der Waals surface area contributed by atoms with Gasteiger partial charge in [0.2, 0.25) is 0 Å². The second-order valence-electron chi connectivity index (χ2n) is 7.66. The van der Waals surface area contributed by atoms with E-state index < -0.39 is 24.6 Å². The summed E-state index contributed by atoms with van der Waals surface area (Å²) in [5.41, 5.74) is 3.65. The number of aliphatic hydroxyl groups is 2. The second-order valence-corrected chi connectivity index (χ2v) is 7.66. The number of carboxylic acid groups (broad SMARTS) is 1. The third-order valence-corrected chi connectivity index (χ3v) is 5.00. The monoisotopic (exact) mass is 459 g/mol. The van der Waals surface area contributed by atoms with Gasteiger partial charge >= 0.3 is 65.1 Å². The zero-order valence-corrected chi connectivity index (χ0v) is 23.0. The number of carbonyl (C=O) groups is 1. The van der Waals surface area contributed by atoms with Crippen LogP contribution in [0.15, 0.2) is 54.6 Å². The zero-order valence-electron chi connectivity index (χ0n) is 21.0. The molecule has 0 amide bonds. The number of benzene rings is 2. The van der Waals surface area contributed by atoms with Crippen molar-refractivity contribution in [3.05, 3.63) is 66.1 Å². The van der Waals surface area contributed by atoms with E-state index in [1.165, 1.54) is 12.1 Å². The molecule has 162 valence electrons. The largest absolute Gasteiger partial charge is 1.00 e. The summed E-state index contributed by atoms with van der Waals surface area (Å²) < 4.78 is 15.6. The summed E-state index contributed by atoms with van der Waals surface area (Å²) in [7, 11) is 0. The van der Waals surface area contributed by atoms with Gasteiger partial charge in [0.1, 0.15) is 5.82 Å². The maximum absolute atomic E-state index is 13.5. The van der Waals surface area contributed by atoms with Gasteiger partial charge in [0, 0.05) is 34.6 Å². The van der Waals surface area contributed by atoms with Crippen LogP contribution in [0.4, 0.5) is 4.39 Å². The number of aliphatic hydroxyl groups excluding tert-OH is 2. The summed E-state index contributed by atoms with van der Waals surface area (Å²) in [5, 5.41) is 29.9. The van der Waals surface area contributed by atoms with Crippen molar-refractivity contribution in [3.8, 4) is 11.1 Å². The molecule has 2 atom stereocenters. The van der Waals surface area contributed by atoms with Crippen LogP contribution >= 0.6 is 0 Å². The van der Waals surface area contributed by atoms with E-state index in [0.717, 1.165) is 27.7 Å². The quantitative estimate of drug-likeness (QED) is 0.372. The molecule has 0 aliphatic heterocycles. The molecular formula is C24H28FNNa2O4. The summed E-state index contributed by atoms with van der Waals surface area (Å²) in [6, 6.07) is 14.4. The molecule has 3 N–H and O–H groups in total. The van der Waals surface area contributed by atoms with Gasteiger partial charge in [0.05, 0.1) is 18.6 Å². The van der Waals surface area contributed by atoms with Gasteiger partial charge in [-0.2, -0.15) is 0 Å². The number of halogens is 1. The van der Waals surface area contributed by atoms with Crippen molar-refractivity contribution in [1.29, 1.82) is 0 Å². The molecule has 0 aliphatic carbocycles. The van der Waals surface area contributed by atoms with Gasteiger partial charge in [0.25, 0.3) is 0 Å². The van der Waals surface area contributed by atoms with Crippen molar-refractivity contribution in [1.82, 2.24) is 4.57 Å².